The number of halogens is 1. The lowest BCUT2D eigenvalue weighted by atomic mass is 10.0. The molecule has 0 fully saturated rings. The summed E-state index contributed by atoms with van der Waals surface area (Å²) in [5.74, 6) is 1.15. The highest BCUT2D eigenvalue weighted by molar-refractivity contribution is 6.38. The van der Waals surface area contributed by atoms with Gasteiger partial charge in [-0.2, -0.15) is 5.26 Å². The van der Waals surface area contributed by atoms with Crippen molar-refractivity contribution in [2.75, 3.05) is 4.90 Å². The molecule has 2 aliphatic heterocycles. The minimum absolute atomic E-state index is 0.219. The Morgan fingerprint density at radius 2 is 1.87 bits per heavy atom. The number of aromatic nitrogens is 3. The number of aryl methyl sites for hydroxylation is 1. The molecule has 0 spiro atoms. The van der Waals surface area contributed by atoms with Crippen LogP contribution in [0.25, 0.3) is 11.1 Å². The van der Waals surface area contributed by atoms with Crippen LogP contribution in [-0.2, 0) is 24.3 Å². The van der Waals surface area contributed by atoms with Crippen molar-refractivity contribution in [2.45, 2.75) is 38.8 Å². The summed E-state index contributed by atoms with van der Waals surface area (Å²) in [6, 6.07) is 17.3. The molecule has 0 radical (unpaired) electrons. The first kappa shape index (κ1) is 19.5. The van der Waals surface area contributed by atoms with Gasteiger partial charge in [0, 0.05) is 23.6 Å². The third kappa shape index (κ3) is 3.31. The number of amides is 1. The van der Waals surface area contributed by atoms with Gasteiger partial charge >= 0.3 is 0 Å². The molecule has 0 aliphatic carbocycles. The number of hydrogen-bond donors (Lipinski definition) is 0. The third-order valence-corrected chi connectivity index (χ3v) is 6.27. The van der Waals surface area contributed by atoms with Gasteiger partial charge < -0.3 is 9.47 Å². The van der Waals surface area contributed by atoms with Crippen molar-refractivity contribution in [1.29, 1.82) is 5.26 Å². The maximum atomic E-state index is 13.6. The molecular weight excluding hydrogens is 410 g/mol. The monoisotopic (exact) mass is 429 g/mol. The number of nitriles is 1. The normalized spacial score (nSPS) is 17.0. The highest BCUT2D eigenvalue weighted by Crippen LogP contribution is 2.41. The first-order valence-electron chi connectivity index (χ1n) is 10.4. The SMILES string of the molecule is N#CC(=C1C(=O)N(Cc2ccccc2Cl)c2ccccc21)c1nnc2n1CCCCC2. The molecule has 1 aromatic heterocycles. The second-order valence-corrected chi connectivity index (χ2v) is 8.17. The van der Waals surface area contributed by atoms with Gasteiger partial charge in [-0.15, -0.1) is 10.2 Å². The molecule has 0 unspecified atom stereocenters. The molecule has 3 heterocycles. The van der Waals surface area contributed by atoms with E-state index in [1.807, 2.05) is 53.1 Å². The van der Waals surface area contributed by atoms with Crippen molar-refractivity contribution in [3.05, 3.63) is 76.3 Å². The Labute approximate surface area is 185 Å². The van der Waals surface area contributed by atoms with Crippen LogP contribution in [0.4, 0.5) is 5.69 Å². The fourth-order valence-corrected chi connectivity index (χ4v) is 4.56. The van der Waals surface area contributed by atoms with E-state index in [1.165, 1.54) is 0 Å². The maximum Gasteiger partial charge on any atom is 0.260 e. The highest BCUT2D eigenvalue weighted by Gasteiger charge is 2.36. The maximum absolute atomic E-state index is 13.6. The molecule has 5 rings (SSSR count). The van der Waals surface area contributed by atoms with Crippen LogP contribution in [0, 0.1) is 11.3 Å². The molecule has 0 bridgehead atoms. The van der Waals surface area contributed by atoms with Gasteiger partial charge in [-0.1, -0.05) is 54.4 Å². The van der Waals surface area contributed by atoms with E-state index in [0.717, 1.165) is 54.9 Å². The van der Waals surface area contributed by atoms with Gasteiger partial charge in [-0.3, -0.25) is 4.79 Å². The van der Waals surface area contributed by atoms with Crippen molar-refractivity contribution in [3.63, 3.8) is 0 Å². The van der Waals surface area contributed by atoms with E-state index in [4.69, 9.17) is 11.6 Å². The summed E-state index contributed by atoms with van der Waals surface area (Å²) in [6.07, 6.45) is 4.03. The van der Waals surface area contributed by atoms with Crippen LogP contribution in [-0.4, -0.2) is 20.7 Å². The van der Waals surface area contributed by atoms with Crippen LogP contribution in [0.15, 0.2) is 48.5 Å². The van der Waals surface area contributed by atoms with Gasteiger partial charge in [0.25, 0.3) is 5.91 Å². The minimum Gasteiger partial charge on any atom is -0.310 e. The smallest absolute Gasteiger partial charge is 0.260 e. The van der Waals surface area contributed by atoms with E-state index in [2.05, 4.69) is 16.3 Å². The lowest BCUT2D eigenvalue weighted by Crippen LogP contribution is -2.26. The Bertz CT molecular complexity index is 1250. The zero-order chi connectivity index (χ0) is 21.4. The molecule has 0 saturated carbocycles. The number of hydrogen-bond acceptors (Lipinski definition) is 4. The van der Waals surface area contributed by atoms with Crippen LogP contribution in [0.1, 0.15) is 42.0 Å². The number of nitrogens with zero attached hydrogens (tertiary/aromatic N) is 5. The van der Waals surface area contributed by atoms with Crippen LogP contribution in [0.5, 0.6) is 0 Å². The zero-order valence-corrected chi connectivity index (χ0v) is 17.6. The van der Waals surface area contributed by atoms with Crippen molar-refractivity contribution < 1.29 is 4.79 Å². The number of carbonyl (C=O) groups excluding carboxylic acids is 1. The standard InChI is InChI=1S/C24H20ClN5O/c25-19-10-5-3-8-16(19)15-30-20-11-6-4-9-17(20)22(24(30)31)18(14-26)23-28-27-21-12-2-1-7-13-29(21)23/h3-6,8-11H,1-2,7,12-13,15H2. The molecule has 0 N–H and O–H groups in total. The Kier molecular flexibility index (Phi) is 5.05. The van der Waals surface area contributed by atoms with E-state index in [-0.39, 0.29) is 11.5 Å². The largest absolute Gasteiger partial charge is 0.310 e. The topological polar surface area (TPSA) is 74.8 Å². The van der Waals surface area contributed by atoms with Crippen molar-refractivity contribution in [1.82, 2.24) is 14.8 Å². The second kappa shape index (κ2) is 8.01. The number of rotatable bonds is 3. The third-order valence-electron chi connectivity index (χ3n) is 5.90. The minimum atomic E-state index is -0.219. The molecule has 0 saturated heterocycles. The Morgan fingerprint density at radius 1 is 1.06 bits per heavy atom. The predicted molar refractivity (Wildman–Crippen MR) is 119 cm³/mol. The number of carbonyl (C=O) groups is 1. The van der Waals surface area contributed by atoms with Crippen molar-refractivity contribution in [3.8, 4) is 6.07 Å². The average molecular weight is 430 g/mol. The molecule has 2 aromatic carbocycles. The highest BCUT2D eigenvalue weighted by atomic mass is 35.5. The lowest BCUT2D eigenvalue weighted by Gasteiger charge is -2.18. The second-order valence-electron chi connectivity index (χ2n) is 7.76. The number of benzene rings is 2. The Balaban J connectivity index is 1.65. The van der Waals surface area contributed by atoms with E-state index >= 15 is 0 Å². The summed E-state index contributed by atoms with van der Waals surface area (Å²) in [4.78, 5) is 15.3. The molecule has 2 aliphatic rings. The molecule has 6 nitrogen and oxygen atoms in total. The Morgan fingerprint density at radius 3 is 2.71 bits per heavy atom. The summed E-state index contributed by atoms with van der Waals surface area (Å²) in [6.45, 7) is 1.09. The number of para-hydroxylation sites is 1. The molecule has 0 atom stereocenters. The van der Waals surface area contributed by atoms with Gasteiger partial charge in [0.15, 0.2) is 5.82 Å². The quantitative estimate of drug-likeness (QED) is 0.449. The molecular formula is C24H20ClN5O. The molecule has 31 heavy (non-hydrogen) atoms. The van der Waals surface area contributed by atoms with Crippen LogP contribution < -0.4 is 4.90 Å². The van der Waals surface area contributed by atoms with E-state index in [0.29, 0.717) is 23.0 Å². The number of allylic oxidation sites excluding steroid dienone is 1. The molecule has 7 heteroatoms. The molecule has 3 aromatic rings. The summed E-state index contributed by atoms with van der Waals surface area (Å²) in [5.41, 5.74) is 3.01. The van der Waals surface area contributed by atoms with Crippen LogP contribution in [0.3, 0.4) is 0 Å². The van der Waals surface area contributed by atoms with Crippen molar-refractivity contribution >= 4 is 34.3 Å². The summed E-state index contributed by atoms with van der Waals surface area (Å²) >= 11 is 6.36. The average Bonchev–Trinajstić information content (AvgIpc) is 3.19. The van der Waals surface area contributed by atoms with E-state index in [1.54, 1.807) is 4.90 Å². The van der Waals surface area contributed by atoms with Crippen LogP contribution in [0.2, 0.25) is 5.02 Å². The number of fused-ring (bicyclic) bond motifs is 2. The summed E-state index contributed by atoms with van der Waals surface area (Å²) < 4.78 is 2.01. The zero-order valence-electron chi connectivity index (χ0n) is 16.9. The molecule has 154 valence electrons. The fourth-order valence-electron chi connectivity index (χ4n) is 4.36. The van der Waals surface area contributed by atoms with Gasteiger partial charge in [0.05, 0.1) is 17.8 Å². The van der Waals surface area contributed by atoms with E-state index in [9.17, 15) is 10.1 Å². The number of anilines is 1. The first-order valence-corrected chi connectivity index (χ1v) is 10.8. The Hall–Kier alpha value is -3.43. The van der Waals surface area contributed by atoms with Gasteiger partial charge in [0.1, 0.15) is 17.5 Å². The van der Waals surface area contributed by atoms with Gasteiger partial charge in [-0.05, 0) is 30.5 Å². The first-order chi connectivity index (χ1) is 15.2. The molecule has 1 amide bonds. The van der Waals surface area contributed by atoms with Crippen LogP contribution >= 0.6 is 11.6 Å². The van der Waals surface area contributed by atoms with Gasteiger partial charge in [-0.25, -0.2) is 0 Å². The van der Waals surface area contributed by atoms with Gasteiger partial charge in [0.2, 0.25) is 0 Å². The predicted octanol–water partition coefficient (Wildman–Crippen LogP) is 4.64. The van der Waals surface area contributed by atoms with Crippen molar-refractivity contribution in [2.24, 2.45) is 0 Å². The fraction of sp³-hybridized carbons (Fsp3) is 0.250. The summed E-state index contributed by atoms with van der Waals surface area (Å²) in [7, 11) is 0. The lowest BCUT2D eigenvalue weighted by molar-refractivity contribution is -0.113. The summed E-state index contributed by atoms with van der Waals surface area (Å²) in [5, 5.41) is 19.4. The van der Waals surface area contributed by atoms with E-state index < -0.39 is 0 Å².